The van der Waals surface area contributed by atoms with Crippen LogP contribution in [0.2, 0.25) is 5.02 Å². The molecule has 0 spiro atoms. The van der Waals surface area contributed by atoms with Crippen molar-refractivity contribution in [3.05, 3.63) is 52.4 Å². The van der Waals surface area contributed by atoms with Crippen molar-refractivity contribution in [3.8, 4) is 11.4 Å². The van der Waals surface area contributed by atoms with Gasteiger partial charge in [-0.3, -0.25) is 0 Å². The predicted octanol–water partition coefficient (Wildman–Crippen LogP) is 5.25. The zero-order valence-electron chi connectivity index (χ0n) is 13.3. The van der Waals surface area contributed by atoms with Gasteiger partial charge < -0.3 is 4.52 Å². The number of fused-ring (bicyclic) bond motifs is 1. The Hall–Kier alpha value is -1.96. The first-order valence-corrected chi connectivity index (χ1v) is 9.85. The molecule has 0 atom stereocenters. The molecular formula is C17H13ClN4OS2. The third kappa shape index (κ3) is 3.53. The van der Waals surface area contributed by atoms with Gasteiger partial charge in [0.15, 0.2) is 0 Å². The van der Waals surface area contributed by atoms with Gasteiger partial charge in [0.2, 0.25) is 11.7 Å². The lowest BCUT2D eigenvalue weighted by atomic mass is 10.2. The largest absolute Gasteiger partial charge is 0.338 e. The van der Waals surface area contributed by atoms with Crippen LogP contribution in [0.3, 0.4) is 0 Å². The lowest BCUT2D eigenvalue weighted by Crippen LogP contribution is -1.86. The maximum Gasteiger partial charge on any atom is 0.237 e. The van der Waals surface area contributed by atoms with Gasteiger partial charge in [-0.2, -0.15) is 4.98 Å². The molecule has 0 unspecified atom stereocenters. The SMILES string of the molecule is CCc1cc2c(SCc3nc(-c4ccc(Cl)cc4)no3)ncnc2s1. The Kier molecular flexibility index (Phi) is 4.70. The summed E-state index contributed by atoms with van der Waals surface area (Å²) in [5, 5.41) is 6.74. The maximum atomic E-state index is 5.90. The molecule has 0 aliphatic rings. The molecule has 0 aliphatic carbocycles. The molecule has 0 fully saturated rings. The molecule has 25 heavy (non-hydrogen) atoms. The summed E-state index contributed by atoms with van der Waals surface area (Å²) in [7, 11) is 0. The Balaban J connectivity index is 1.52. The van der Waals surface area contributed by atoms with Crippen LogP contribution in [-0.4, -0.2) is 20.1 Å². The second-order valence-corrected chi connectivity index (χ2v) is 7.79. The molecule has 5 nitrogen and oxygen atoms in total. The summed E-state index contributed by atoms with van der Waals surface area (Å²) in [6.07, 6.45) is 2.60. The average molecular weight is 389 g/mol. The maximum absolute atomic E-state index is 5.90. The zero-order chi connectivity index (χ0) is 17.2. The minimum absolute atomic E-state index is 0.559. The van der Waals surface area contributed by atoms with Gasteiger partial charge in [-0.1, -0.05) is 35.4 Å². The van der Waals surface area contributed by atoms with Crippen LogP contribution in [0.25, 0.3) is 21.6 Å². The van der Waals surface area contributed by atoms with Gasteiger partial charge in [0.05, 0.1) is 5.75 Å². The minimum atomic E-state index is 0.559. The van der Waals surface area contributed by atoms with Crippen molar-refractivity contribution in [2.75, 3.05) is 0 Å². The summed E-state index contributed by atoms with van der Waals surface area (Å²) in [6.45, 7) is 2.14. The van der Waals surface area contributed by atoms with Crippen LogP contribution in [0.4, 0.5) is 0 Å². The summed E-state index contributed by atoms with van der Waals surface area (Å²) in [6, 6.07) is 9.52. The average Bonchev–Trinajstić information content (AvgIpc) is 3.27. The molecule has 4 aromatic rings. The first-order valence-electron chi connectivity index (χ1n) is 7.67. The molecule has 0 N–H and O–H groups in total. The van der Waals surface area contributed by atoms with E-state index in [1.165, 1.54) is 4.88 Å². The van der Waals surface area contributed by atoms with Crippen molar-refractivity contribution in [2.45, 2.75) is 24.1 Å². The van der Waals surface area contributed by atoms with Gasteiger partial charge in [-0.05, 0) is 36.8 Å². The first-order chi connectivity index (χ1) is 12.2. The van der Waals surface area contributed by atoms with E-state index >= 15 is 0 Å². The lowest BCUT2D eigenvalue weighted by molar-refractivity contribution is 0.391. The Labute approximate surface area is 157 Å². The van der Waals surface area contributed by atoms with E-state index in [4.69, 9.17) is 16.1 Å². The molecule has 3 heterocycles. The monoisotopic (exact) mass is 388 g/mol. The number of hydrogen-bond donors (Lipinski definition) is 0. The number of thioether (sulfide) groups is 1. The van der Waals surface area contributed by atoms with E-state index in [9.17, 15) is 0 Å². The van der Waals surface area contributed by atoms with E-state index < -0.39 is 0 Å². The van der Waals surface area contributed by atoms with Crippen molar-refractivity contribution in [1.82, 2.24) is 20.1 Å². The Bertz CT molecular complexity index is 1010. The van der Waals surface area contributed by atoms with E-state index in [0.29, 0.717) is 22.5 Å². The topological polar surface area (TPSA) is 64.7 Å². The van der Waals surface area contributed by atoms with Gasteiger partial charge in [0.25, 0.3) is 0 Å². The second kappa shape index (κ2) is 7.11. The molecule has 126 valence electrons. The third-order valence-corrected chi connectivity index (χ3v) is 6.02. The Morgan fingerprint density at radius 3 is 2.84 bits per heavy atom. The fourth-order valence-corrected chi connectivity index (χ4v) is 4.27. The molecule has 0 saturated carbocycles. The highest BCUT2D eigenvalue weighted by Crippen LogP contribution is 2.32. The Morgan fingerprint density at radius 1 is 1.20 bits per heavy atom. The molecule has 8 heteroatoms. The highest BCUT2D eigenvalue weighted by Gasteiger charge is 2.12. The standard InChI is InChI=1S/C17H13ClN4OS2/c1-2-12-7-13-16(19-9-20-17(13)25-12)24-8-14-21-15(22-23-14)10-3-5-11(18)6-4-10/h3-7,9H,2,8H2,1H3. The number of halogens is 1. The summed E-state index contributed by atoms with van der Waals surface area (Å²) >= 11 is 9.19. The molecule has 3 aromatic heterocycles. The van der Waals surface area contributed by atoms with E-state index in [0.717, 1.165) is 27.2 Å². The summed E-state index contributed by atoms with van der Waals surface area (Å²) in [5.74, 6) is 1.68. The zero-order valence-corrected chi connectivity index (χ0v) is 15.7. The van der Waals surface area contributed by atoms with Crippen LogP contribution >= 0.6 is 34.7 Å². The van der Waals surface area contributed by atoms with Crippen LogP contribution < -0.4 is 0 Å². The van der Waals surface area contributed by atoms with Crippen LogP contribution in [0.1, 0.15) is 17.7 Å². The van der Waals surface area contributed by atoms with Gasteiger partial charge in [0, 0.05) is 20.8 Å². The van der Waals surface area contributed by atoms with Gasteiger partial charge in [0.1, 0.15) is 16.2 Å². The highest BCUT2D eigenvalue weighted by molar-refractivity contribution is 7.98. The molecule has 0 radical (unpaired) electrons. The van der Waals surface area contributed by atoms with Crippen molar-refractivity contribution in [3.63, 3.8) is 0 Å². The highest BCUT2D eigenvalue weighted by atomic mass is 35.5. The molecule has 4 rings (SSSR count). The molecule has 0 aliphatic heterocycles. The number of aryl methyl sites for hydroxylation is 1. The van der Waals surface area contributed by atoms with E-state index in [2.05, 4.69) is 33.1 Å². The fraction of sp³-hybridized carbons (Fsp3) is 0.176. The fourth-order valence-electron chi connectivity index (χ4n) is 2.33. The number of nitrogens with zero attached hydrogens (tertiary/aromatic N) is 4. The Morgan fingerprint density at radius 2 is 2.04 bits per heavy atom. The molecule has 0 bridgehead atoms. The molecule has 0 saturated heterocycles. The first kappa shape index (κ1) is 16.5. The van der Waals surface area contributed by atoms with Gasteiger partial charge >= 0.3 is 0 Å². The second-order valence-electron chi connectivity index (χ2n) is 5.27. The number of hydrogen-bond acceptors (Lipinski definition) is 7. The van der Waals surface area contributed by atoms with Crippen molar-refractivity contribution >= 4 is 44.9 Å². The van der Waals surface area contributed by atoms with Gasteiger partial charge in [-0.15, -0.1) is 11.3 Å². The summed E-state index contributed by atoms with van der Waals surface area (Å²) in [4.78, 5) is 15.5. The molecular weight excluding hydrogens is 376 g/mol. The quantitative estimate of drug-likeness (QED) is 0.343. The lowest BCUT2D eigenvalue weighted by Gasteiger charge is -1.98. The molecule has 0 amide bonds. The summed E-state index contributed by atoms with van der Waals surface area (Å²) < 4.78 is 5.35. The number of benzene rings is 1. The van der Waals surface area contributed by atoms with Crippen LogP contribution in [0.5, 0.6) is 0 Å². The molecule has 1 aromatic carbocycles. The number of rotatable bonds is 5. The van der Waals surface area contributed by atoms with E-state index in [1.807, 2.05) is 12.1 Å². The smallest absolute Gasteiger partial charge is 0.237 e. The minimum Gasteiger partial charge on any atom is -0.338 e. The van der Waals surface area contributed by atoms with Crippen LogP contribution in [0.15, 0.2) is 46.2 Å². The van der Waals surface area contributed by atoms with E-state index in [1.54, 1.807) is 41.6 Å². The van der Waals surface area contributed by atoms with Crippen molar-refractivity contribution in [2.24, 2.45) is 0 Å². The van der Waals surface area contributed by atoms with E-state index in [-0.39, 0.29) is 0 Å². The van der Waals surface area contributed by atoms with Crippen LogP contribution in [0, 0.1) is 0 Å². The normalized spacial score (nSPS) is 11.3. The van der Waals surface area contributed by atoms with Gasteiger partial charge in [-0.25, -0.2) is 9.97 Å². The number of thiophene rings is 1. The summed E-state index contributed by atoms with van der Waals surface area (Å²) in [5.41, 5.74) is 0.874. The van der Waals surface area contributed by atoms with Crippen LogP contribution in [-0.2, 0) is 12.2 Å². The third-order valence-electron chi connectivity index (χ3n) is 3.60. The van der Waals surface area contributed by atoms with Crippen molar-refractivity contribution in [1.29, 1.82) is 0 Å². The predicted molar refractivity (Wildman–Crippen MR) is 101 cm³/mol. The number of aromatic nitrogens is 4. The van der Waals surface area contributed by atoms with Crippen molar-refractivity contribution < 1.29 is 4.52 Å².